The van der Waals surface area contributed by atoms with Gasteiger partial charge < -0.3 is 29.6 Å². The van der Waals surface area contributed by atoms with E-state index in [0.717, 1.165) is 44.9 Å². The molecule has 0 atom stereocenters. The number of aromatic amines is 1. The Kier molecular flexibility index (Phi) is 6.63. The Morgan fingerprint density at radius 3 is 2.38 bits per heavy atom. The number of nitrogens with one attached hydrogen (secondary N) is 2. The van der Waals surface area contributed by atoms with Crippen molar-refractivity contribution in [3.63, 3.8) is 0 Å². The summed E-state index contributed by atoms with van der Waals surface area (Å²) in [5, 5.41) is 13.2. The number of carbonyl (C=O) groups is 1. The van der Waals surface area contributed by atoms with Gasteiger partial charge >= 0.3 is 0 Å². The van der Waals surface area contributed by atoms with Gasteiger partial charge in [-0.15, -0.1) is 0 Å². The zero-order valence-electron chi connectivity index (χ0n) is 19.7. The van der Waals surface area contributed by atoms with Crippen LogP contribution in [0.4, 0.5) is 0 Å². The first-order valence-electron chi connectivity index (χ1n) is 10.9. The number of hydrogen-bond donors (Lipinski definition) is 3. The van der Waals surface area contributed by atoms with E-state index in [9.17, 15) is 9.90 Å². The summed E-state index contributed by atoms with van der Waals surface area (Å²) in [7, 11) is 4.62. The summed E-state index contributed by atoms with van der Waals surface area (Å²) in [4.78, 5) is 15.9. The number of hydrogen-bond acceptors (Lipinski definition) is 5. The molecule has 34 heavy (non-hydrogen) atoms. The smallest absolute Gasteiger partial charge is 0.224 e. The predicted molar refractivity (Wildman–Crippen MR) is 132 cm³/mol. The van der Waals surface area contributed by atoms with Crippen molar-refractivity contribution in [3.05, 3.63) is 76.6 Å². The minimum Gasteiger partial charge on any atom is -0.502 e. The summed E-state index contributed by atoms with van der Waals surface area (Å²) in [6.07, 6.45) is 4.08. The van der Waals surface area contributed by atoms with E-state index in [-0.39, 0.29) is 18.1 Å². The van der Waals surface area contributed by atoms with Gasteiger partial charge in [0.05, 0.1) is 34.3 Å². The second kappa shape index (κ2) is 9.79. The molecular weight excluding hydrogens is 432 g/mol. The van der Waals surface area contributed by atoms with Crippen LogP contribution in [-0.2, 0) is 11.3 Å². The molecule has 1 heterocycles. The van der Waals surface area contributed by atoms with Crippen LogP contribution in [-0.4, -0.2) is 37.3 Å². The molecule has 0 spiro atoms. The molecule has 0 aliphatic heterocycles. The number of amides is 1. The van der Waals surface area contributed by atoms with E-state index in [0.29, 0.717) is 18.0 Å². The highest BCUT2D eigenvalue weighted by Crippen LogP contribution is 2.46. The molecule has 3 N–H and O–H groups in total. The highest BCUT2D eigenvalue weighted by atomic mass is 16.5. The summed E-state index contributed by atoms with van der Waals surface area (Å²) < 4.78 is 16.1. The minimum absolute atomic E-state index is 0.0459. The van der Waals surface area contributed by atoms with E-state index in [1.54, 1.807) is 19.2 Å². The van der Waals surface area contributed by atoms with E-state index >= 15 is 0 Å². The van der Waals surface area contributed by atoms with Crippen molar-refractivity contribution in [1.82, 2.24) is 10.3 Å². The van der Waals surface area contributed by atoms with E-state index in [1.807, 2.05) is 49.5 Å². The van der Waals surface area contributed by atoms with Crippen molar-refractivity contribution in [2.75, 3.05) is 21.3 Å². The van der Waals surface area contributed by atoms with Gasteiger partial charge in [0.15, 0.2) is 11.5 Å². The summed E-state index contributed by atoms with van der Waals surface area (Å²) in [5.74, 6) is 1.27. The quantitative estimate of drug-likeness (QED) is 0.450. The fourth-order valence-corrected chi connectivity index (χ4v) is 4.17. The predicted octanol–water partition coefficient (Wildman–Crippen LogP) is 4.78. The van der Waals surface area contributed by atoms with Gasteiger partial charge in [-0.25, -0.2) is 0 Å². The van der Waals surface area contributed by atoms with Crippen molar-refractivity contribution in [3.8, 4) is 23.0 Å². The molecule has 1 aliphatic rings. The van der Waals surface area contributed by atoms with E-state index in [4.69, 9.17) is 14.2 Å². The monoisotopic (exact) mass is 460 g/mol. The summed E-state index contributed by atoms with van der Waals surface area (Å²) >= 11 is 0. The lowest BCUT2D eigenvalue weighted by molar-refractivity contribution is -0.120. The fourth-order valence-electron chi connectivity index (χ4n) is 4.17. The van der Waals surface area contributed by atoms with Crippen molar-refractivity contribution in [2.45, 2.75) is 19.9 Å². The SMILES string of the molecule is COc1ccc2c(c1)C(CC(=O)NCc1ccc[nH]1)=C(C)C2=Cc1cc(OC)c(O)c(OC)c1. The highest BCUT2D eigenvalue weighted by Gasteiger charge is 2.26. The van der Waals surface area contributed by atoms with Gasteiger partial charge in [0.2, 0.25) is 11.7 Å². The van der Waals surface area contributed by atoms with Crippen LogP contribution >= 0.6 is 0 Å². The maximum Gasteiger partial charge on any atom is 0.224 e. The lowest BCUT2D eigenvalue weighted by Crippen LogP contribution is -2.22. The zero-order chi connectivity index (χ0) is 24.2. The largest absolute Gasteiger partial charge is 0.502 e. The van der Waals surface area contributed by atoms with Crippen LogP contribution < -0.4 is 19.5 Å². The van der Waals surface area contributed by atoms with Crippen LogP contribution in [0.25, 0.3) is 17.2 Å². The number of phenolic OH excluding ortho intramolecular Hbond substituents is 1. The maximum atomic E-state index is 12.8. The Morgan fingerprint density at radius 2 is 1.76 bits per heavy atom. The Morgan fingerprint density at radius 1 is 1.03 bits per heavy atom. The Bertz CT molecular complexity index is 1250. The molecule has 0 radical (unpaired) electrons. The lowest BCUT2D eigenvalue weighted by Gasteiger charge is -2.11. The van der Waals surface area contributed by atoms with Crippen molar-refractivity contribution >= 4 is 23.1 Å². The molecule has 3 aromatic rings. The lowest BCUT2D eigenvalue weighted by atomic mass is 10.00. The molecule has 4 rings (SSSR count). The molecular formula is C27H28N2O5. The third-order valence-electron chi connectivity index (χ3n) is 5.99. The number of phenols is 1. The van der Waals surface area contributed by atoms with E-state index in [1.165, 1.54) is 14.2 Å². The van der Waals surface area contributed by atoms with Crippen LogP contribution in [0.2, 0.25) is 0 Å². The van der Waals surface area contributed by atoms with Gasteiger partial charge in [-0.1, -0.05) is 6.07 Å². The number of ether oxygens (including phenoxy) is 3. The first-order chi connectivity index (χ1) is 16.4. The summed E-state index contributed by atoms with van der Waals surface area (Å²) in [6, 6.07) is 13.2. The summed E-state index contributed by atoms with van der Waals surface area (Å²) in [6.45, 7) is 2.46. The second-order valence-corrected chi connectivity index (χ2v) is 8.00. The van der Waals surface area contributed by atoms with E-state index in [2.05, 4.69) is 10.3 Å². The molecule has 1 amide bonds. The molecule has 1 aromatic heterocycles. The van der Waals surface area contributed by atoms with Gasteiger partial charge in [-0.05, 0) is 82.8 Å². The average molecular weight is 461 g/mol. The van der Waals surface area contributed by atoms with Crippen LogP contribution in [0.5, 0.6) is 23.0 Å². The Balaban J connectivity index is 1.72. The normalized spacial score (nSPS) is 13.7. The molecule has 7 heteroatoms. The number of fused-ring (bicyclic) bond motifs is 1. The molecule has 0 fully saturated rings. The van der Waals surface area contributed by atoms with Crippen molar-refractivity contribution in [2.24, 2.45) is 0 Å². The average Bonchev–Trinajstić information content (AvgIpc) is 3.46. The highest BCUT2D eigenvalue weighted by molar-refractivity contribution is 6.08. The number of rotatable bonds is 8. The number of methoxy groups -OCH3 is 3. The first kappa shape index (κ1) is 23.0. The van der Waals surface area contributed by atoms with Crippen molar-refractivity contribution < 1.29 is 24.1 Å². The molecule has 0 unspecified atom stereocenters. The minimum atomic E-state index is -0.0630. The third kappa shape index (κ3) is 4.50. The van der Waals surface area contributed by atoms with Crippen LogP contribution in [0, 0.1) is 0 Å². The van der Waals surface area contributed by atoms with Crippen LogP contribution in [0.3, 0.4) is 0 Å². The maximum absolute atomic E-state index is 12.8. The second-order valence-electron chi connectivity index (χ2n) is 8.00. The number of carbonyl (C=O) groups excluding carboxylic acids is 1. The molecule has 2 aromatic carbocycles. The molecule has 176 valence electrons. The summed E-state index contributed by atoms with van der Waals surface area (Å²) in [5.41, 5.74) is 6.67. The van der Waals surface area contributed by atoms with E-state index < -0.39 is 0 Å². The van der Waals surface area contributed by atoms with Gasteiger partial charge in [0, 0.05) is 11.9 Å². The molecule has 1 aliphatic carbocycles. The van der Waals surface area contributed by atoms with Gasteiger partial charge in [-0.3, -0.25) is 4.79 Å². The van der Waals surface area contributed by atoms with Gasteiger partial charge in [-0.2, -0.15) is 0 Å². The molecule has 0 saturated heterocycles. The number of aromatic hydroxyl groups is 1. The van der Waals surface area contributed by atoms with Crippen LogP contribution in [0.1, 0.15) is 35.7 Å². The number of benzene rings is 2. The molecule has 0 bridgehead atoms. The standard InChI is InChI=1S/C27H28N2O5/c1-16-21(10-17-11-24(33-3)27(31)25(12-17)34-4)20-8-7-19(32-2)13-23(20)22(16)14-26(30)29-15-18-6-5-9-28-18/h5-13,28,31H,14-15H2,1-4H3,(H,29,30). The van der Waals surface area contributed by atoms with Gasteiger partial charge in [0.1, 0.15) is 5.75 Å². The number of allylic oxidation sites excluding steroid dienone is 2. The molecule has 0 saturated carbocycles. The Labute approximate surface area is 198 Å². The zero-order valence-corrected chi connectivity index (χ0v) is 19.7. The topological polar surface area (TPSA) is 92.8 Å². The number of aromatic nitrogens is 1. The van der Waals surface area contributed by atoms with Crippen LogP contribution in [0.15, 0.2) is 54.2 Å². The van der Waals surface area contributed by atoms with Crippen molar-refractivity contribution in [1.29, 1.82) is 0 Å². The van der Waals surface area contributed by atoms with Gasteiger partial charge in [0.25, 0.3) is 0 Å². The first-order valence-corrected chi connectivity index (χ1v) is 10.9. The fraction of sp³-hybridized carbons (Fsp3) is 0.222. The number of H-pyrrole nitrogens is 1. The Hall–Kier alpha value is -4.13. The molecule has 7 nitrogen and oxygen atoms in total. The third-order valence-corrected chi connectivity index (χ3v) is 5.99.